The van der Waals surface area contributed by atoms with Crippen molar-refractivity contribution in [2.75, 3.05) is 7.05 Å². The Morgan fingerprint density at radius 3 is 2.38 bits per heavy atom. The zero-order chi connectivity index (χ0) is 15.5. The Kier molecular flexibility index (Phi) is 4.58. The summed E-state index contributed by atoms with van der Waals surface area (Å²) >= 11 is 0. The third kappa shape index (κ3) is 4.02. The molecular weight excluding hydrogens is 262 g/mol. The molecular formula is C17H23N3O. The number of hydrogen-bond acceptors (Lipinski definition) is 4. The third-order valence-electron chi connectivity index (χ3n) is 3.31. The van der Waals surface area contributed by atoms with E-state index in [9.17, 15) is 0 Å². The van der Waals surface area contributed by atoms with Crippen LogP contribution < -0.4 is 10.1 Å². The second kappa shape index (κ2) is 6.22. The van der Waals surface area contributed by atoms with Crippen LogP contribution in [0.25, 0.3) is 0 Å². The van der Waals surface area contributed by atoms with E-state index in [1.807, 2.05) is 32.2 Å². The van der Waals surface area contributed by atoms with Crippen LogP contribution in [-0.4, -0.2) is 17.2 Å². The van der Waals surface area contributed by atoms with E-state index in [1.165, 1.54) is 5.56 Å². The van der Waals surface area contributed by atoms with Gasteiger partial charge in [-0.3, -0.25) is 0 Å². The summed E-state index contributed by atoms with van der Waals surface area (Å²) in [5, 5.41) is 11.2. The van der Waals surface area contributed by atoms with Gasteiger partial charge in [0, 0.05) is 12.6 Å². The first-order valence-corrected chi connectivity index (χ1v) is 7.16. The maximum absolute atomic E-state index is 5.82. The van der Waals surface area contributed by atoms with Crippen LogP contribution in [0, 0.1) is 6.92 Å². The van der Waals surface area contributed by atoms with Crippen LogP contribution in [0.1, 0.15) is 37.6 Å². The van der Waals surface area contributed by atoms with Crippen LogP contribution >= 0.6 is 0 Å². The van der Waals surface area contributed by atoms with Gasteiger partial charge in [0.1, 0.15) is 5.75 Å². The fraction of sp³-hybridized carbons (Fsp3) is 0.412. The summed E-state index contributed by atoms with van der Waals surface area (Å²) < 4.78 is 5.82. The van der Waals surface area contributed by atoms with Gasteiger partial charge in [-0.1, -0.05) is 32.9 Å². The number of hydrogen-bond donors (Lipinski definition) is 1. The topological polar surface area (TPSA) is 47.0 Å². The lowest BCUT2D eigenvalue weighted by molar-refractivity contribution is 0.449. The number of nitrogens with zero attached hydrogens (tertiary/aromatic N) is 2. The largest absolute Gasteiger partial charge is 0.437 e. The van der Waals surface area contributed by atoms with Gasteiger partial charge < -0.3 is 10.1 Å². The summed E-state index contributed by atoms with van der Waals surface area (Å²) in [5.74, 6) is 1.33. The molecule has 0 bridgehead atoms. The van der Waals surface area contributed by atoms with Gasteiger partial charge in [0.25, 0.3) is 0 Å². The molecule has 1 aromatic carbocycles. The molecule has 2 aromatic rings. The van der Waals surface area contributed by atoms with Gasteiger partial charge in [-0.05, 0) is 42.6 Å². The van der Waals surface area contributed by atoms with Crippen LogP contribution in [0.3, 0.4) is 0 Å². The summed E-state index contributed by atoms with van der Waals surface area (Å²) in [6.07, 6.45) is 0. The highest BCUT2D eigenvalue weighted by molar-refractivity contribution is 5.40. The Labute approximate surface area is 126 Å². The SMILES string of the molecule is CNCc1ccc(Oc2ccc(C(C)(C)C)cc2C)nn1. The van der Waals surface area contributed by atoms with E-state index < -0.39 is 0 Å². The summed E-state index contributed by atoms with van der Waals surface area (Å²) in [6.45, 7) is 9.36. The maximum atomic E-state index is 5.82. The molecule has 0 fully saturated rings. The van der Waals surface area contributed by atoms with Gasteiger partial charge in [-0.15, -0.1) is 5.10 Å². The van der Waals surface area contributed by atoms with Crippen LogP contribution in [-0.2, 0) is 12.0 Å². The fourth-order valence-corrected chi connectivity index (χ4v) is 2.02. The minimum atomic E-state index is 0.137. The predicted molar refractivity (Wildman–Crippen MR) is 84.7 cm³/mol. The molecule has 1 N–H and O–H groups in total. The molecule has 0 aliphatic heterocycles. The van der Waals surface area contributed by atoms with Gasteiger partial charge in [0.15, 0.2) is 0 Å². The van der Waals surface area contributed by atoms with E-state index >= 15 is 0 Å². The van der Waals surface area contributed by atoms with E-state index in [1.54, 1.807) is 0 Å². The number of ether oxygens (including phenoxy) is 1. The second-order valence-corrected chi connectivity index (χ2v) is 6.23. The quantitative estimate of drug-likeness (QED) is 0.932. The Morgan fingerprint density at radius 2 is 1.86 bits per heavy atom. The molecule has 0 amide bonds. The fourth-order valence-electron chi connectivity index (χ4n) is 2.02. The highest BCUT2D eigenvalue weighted by atomic mass is 16.5. The maximum Gasteiger partial charge on any atom is 0.238 e. The first-order valence-electron chi connectivity index (χ1n) is 7.16. The molecule has 0 aliphatic rings. The molecule has 0 saturated heterocycles. The molecule has 0 atom stereocenters. The predicted octanol–water partition coefficient (Wildman–Crippen LogP) is 3.59. The van der Waals surface area contributed by atoms with Crippen molar-refractivity contribution >= 4 is 0 Å². The van der Waals surface area contributed by atoms with Crippen molar-refractivity contribution in [2.24, 2.45) is 0 Å². The second-order valence-electron chi connectivity index (χ2n) is 6.23. The van der Waals surface area contributed by atoms with Crippen LogP contribution in [0.15, 0.2) is 30.3 Å². The minimum Gasteiger partial charge on any atom is -0.437 e. The summed E-state index contributed by atoms with van der Waals surface area (Å²) in [6, 6.07) is 10.0. The highest BCUT2D eigenvalue weighted by Crippen LogP contribution is 2.29. The smallest absolute Gasteiger partial charge is 0.238 e. The van der Waals surface area contributed by atoms with Gasteiger partial charge in [0.2, 0.25) is 5.88 Å². The average molecular weight is 285 g/mol. The molecule has 0 aliphatic carbocycles. The number of aromatic nitrogens is 2. The zero-order valence-electron chi connectivity index (χ0n) is 13.4. The lowest BCUT2D eigenvalue weighted by atomic mass is 9.86. The first kappa shape index (κ1) is 15.4. The number of rotatable bonds is 4. The van der Waals surface area contributed by atoms with E-state index in [0.717, 1.165) is 17.0 Å². The van der Waals surface area contributed by atoms with Crippen molar-refractivity contribution in [3.8, 4) is 11.6 Å². The molecule has 0 radical (unpaired) electrons. The molecule has 0 spiro atoms. The zero-order valence-corrected chi connectivity index (χ0v) is 13.4. The van der Waals surface area contributed by atoms with Crippen molar-refractivity contribution < 1.29 is 4.74 Å². The number of aryl methyl sites for hydroxylation is 1. The lowest BCUT2D eigenvalue weighted by Crippen LogP contribution is -2.11. The minimum absolute atomic E-state index is 0.137. The van der Waals surface area contributed by atoms with Crippen LogP contribution in [0.4, 0.5) is 0 Å². The summed E-state index contributed by atoms with van der Waals surface area (Å²) in [4.78, 5) is 0. The Morgan fingerprint density at radius 1 is 1.10 bits per heavy atom. The highest BCUT2D eigenvalue weighted by Gasteiger charge is 2.15. The van der Waals surface area contributed by atoms with Crippen LogP contribution in [0.2, 0.25) is 0 Å². The molecule has 0 unspecified atom stereocenters. The molecule has 1 aromatic heterocycles. The normalized spacial score (nSPS) is 11.5. The molecule has 0 saturated carbocycles. The standard InChI is InChI=1S/C17H23N3O/c1-12-10-13(17(2,3)4)6-8-15(12)21-16-9-7-14(11-18-5)19-20-16/h6-10,18H,11H2,1-5H3. The molecule has 4 heteroatoms. The van der Waals surface area contributed by atoms with E-state index in [2.05, 4.69) is 48.4 Å². The number of nitrogens with one attached hydrogen (secondary N) is 1. The molecule has 2 rings (SSSR count). The van der Waals surface area contributed by atoms with Gasteiger partial charge in [-0.25, -0.2) is 0 Å². The molecule has 4 nitrogen and oxygen atoms in total. The van der Waals surface area contributed by atoms with Gasteiger partial charge in [0.05, 0.1) is 5.69 Å². The molecule has 21 heavy (non-hydrogen) atoms. The van der Waals surface area contributed by atoms with Crippen LogP contribution in [0.5, 0.6) is 11.6 Å². The number of benzene rings is 1. The molecule has 1 heterocycles. The molecule has 112 valence electrons. The first-order chi connectivity index (χ1) is 9.90. The Bertz CT molecular complexity index is 600. The van der Waals surface area contributed by atoms with Crippen molar-refractivity contribution in [2.45, 2.75) is 39.7 Å². The van der Waals surface area contributed by atoms with Gasteiger partial charge in [-0.2, -0.15) is 5.10 Å². The summed E-state index contributed by atoms with van der Waals surface area (Å²) in [7, 11) is 1.88. The average Bonchev–Trinajstić information content (AvgIpc) is 2.42. The van der Waals surface area contributed by atoms with Crippen molar-refractivity contribution in [1.82, 2.24) is 15.5 Å². The monoisotopic (exact) mass is 285 g/mol. The van der Waals surface area contributed by atoms with Gasteiger partial charge >= 0.3 is 0 Å². The lowest BCUT2D eigenvalue weighted by Gasteiger charge is -2.20. The van der Waals surface area contributed by atoms with E-state index in [4.69, 9.17) is 4.74 Å². The van der Waals surface area contributed by atoms with E-state index in [0.29, 0.717) is 12.4 Å². The Hall–Kier alpha value is -1.94. The van der Waals surface area contributed by atoms with Crippen molar-refractivity contribution in [1.29, 1.82) is 0 Å². The summed E-state index contributed by atoms with van der Waals surface area (Å²) in [5.41, 5.74) is 3.42. The van der Waals surface area contributed by atoms with Crippen molar-refractivity contribution in [3.63, 3.8) is 0 Å². The Balaban J connectivity index is 2.16. The third-order valence-corrected chi connectivity index (χ3v) is 3.31. The van der Waals surface area contributed by atoms with E-state index in [-0.39, 0.29) is 5.41 Å². The van der Waals surface area contributed by atoms with Crippen molar-refractivity contribution in [3.05, 3.63) is 47.2 Å².